The van der Waals surface area contributed by atoms with Gasteiger partial charge >= 0.3 is 5.97 Å². The molecule has 0 unspecified atom stereocenters. The molecule has 102 valence electrons. The van der Waals surface area contributed by atoms with Gasteiger partial charge in [-0.25, -0.2) is 4.79 Å². The molecule has 0 aliphatic heterocycles. The Balaban J connectivity index is 0.000000157. The van der Waals surface area contributed by atoms with Gasteiger partial charge in [-0.2, -0.15) is 12.6 Å². The number of fused-ring (bicyclic) bond motifs is 2. The lowest BCUT2D eigenvalue weighted by atomic mass is 9.93. The third-order valence-corrected chi connectivity index (χ3v) is 3.61. The molecule has 0 heterocycles. The van der Waals surface area contributed by atoms with Crippen LogP contribution in [0.15, 0.2) is 48.5 Å². The van der Waals surface area contributed by atoms with Gasteiger partial charge in [-0.05, 0) is 23.3 Å². The fourth-order valence-corrected chi connectivity index (χ4v) is 2.13. The summed E-state index contributed by atoms with van der Waals surface area (Å²) in [5, 5.41) is 0.431. The highest BCUT2D eigenvalue weighted by atomic mass is 32.1. The first-order chi connectivity index (χ1) is 9.65. The predicted molar refractivity (Wildman–Crippen MR) is 80.4 cm³/mol. The number of hydrogen-bond acceptors (Lipinski definition) is 4. The Labute approximate surface area is 123 Å². The van der Waals surface area contributed by atoms with Crippen LogP contribution in [0.3, 0.4) is 0 Å². The first-order valence-corrected chi connectivity index (χ1v) is 6.59. The second-order valence-corrected chi connectivity index (χ2v) is 4.82. The topological polar surface area (TPSA) is 43.4 Å². The minimum Gasteiger partial charge on any atom is -0.465 e. The molecule has 2 bridgehead atoms. The Kier molecular flexibility index (Phi) is 4.58. The van der Waals surface area contributed by atoms with Gasteiger partial charge in [-0.1, -0.05) is 36.4 Å². The van der Waals surface area contributed by atoms with Gasteiger partial charge in [0.15, 0.2) is 0 Å². The minimum absolute atomic E-state index is 0.396. The Morgan fingerprint density at radius 2 is 1.75 bits per heavy atom. The molecule has 3 nitrogen and oxygen atoms in total. The summed E-state index contributed by atoms with van der Waals surface area (Å²) < 4.78 is 4.48. The van der Waals surface area contributed by atoms with E-state index in [4.69, 9.17) is 0 Å². The summed E-state index contributed by atoms with van der Waals surface area (Å²) in [6, 6.07) is 14.7. The van der Waals surface area contributed by atoms with Crippen LogP contribution in [0.1, 0.15) is 37.1 Å². The number of rotatable bonds is 2. The smallest absolute Gasteiger partial charge is 0.337 e. The quantitative estimate of drug-likeness (QED) is 0.523. The van der Waals surface area contributed by atoms with E-state index >= 15 is 0 Å². The van der Waals surface area contributed by atoms with Crippen LogP contribution >= 0.6 is 12.6 Å². The van der Waals surface area contributed by atoms with Crippen LogP contribution < -0.4 is 0 Å². The van der Waals surface area contributed by atoms with Crippen molar-refractivity contribution < 1.29 is 14.3 Å². The van der Waals surface area contributed by atoms with Crippen molar-refractivity contribution >= 4 is 24.9 Å². The van der Waals surface area contributed by atoms with Crippen molar-refractivity contribution in [2.24, 2.45) is 0 Å². The molecule has 0 spiro atoms. The van der Waals surface area contributed by atoms with E-state index in [0.29, 0.717) is 16.4 Å². The third-order valence-electron chi connectivity index (χ3n) is 3.01. The fraction of sp³-hybridized carbons (Fsp3) is 0.125. The molecule has 0 saturated carbocycles. The Bertz CT molecular complexity index is 593. The summed E-state index contributed by atoms with van der Waals surface area (Å²) in [7, 11) is 1.32. The zero-order valence-corrected chi connectivity index (χ0v) is 11.8. The number of carbonyl (C=O) groups is 2. The maximum Gasteiger partial charge on any atom is 0.337 e. The summed E-state index contributed by atoms with van der Waals surface area (Å²) in [6.07, 6.45) is 0.723. The first-order valence-electron chi connectivity index (χ1n) is 6.07. The summed E-state index contributed by atoms with van der Waals surface area (Å²) in [5.41, 5.74) is 3.70. The van der Waals surface area contributed by atoms with Gasteiger partial charge in [0.05, 0.1) is 17.9 Å². The number of aldehydes is 1. The number of methoxy groups -OCH3 is 1. The summed E-state index contributed by atoms with van der Waals surface area (Å²) >= 11 is 4.32. The van der Waals surface area contributed by atoms with E-state index in [1.807, 2.05) is 0 Å². The lowest BCUT2D eigenvalue weighted by Gasteiger charge is -2.21. The van der Waals surface area contributed by atoms with E-state index in [2.05, 4.69) is 41.6 Å². The molecular weight excluding hydrogens is 272 g/mol. The monoisotopic (exact) mass is 286 g/mol. The molecule has 4 rings (SSSR count). The molecule has 2 aliphatic carbocycles. The molecule has 0 atom stereocenters. The number of ether oxygens (including phenoxy) is 1. The highest BCUT2D eigenvalue weighted by Crippen LogP contribution is 2.37. The molecule has 0 aromatic heterocycles. The van der Waals surface area contributed by atoms with Crippen LogP contribution in [0.4, 0.5) is 0 Å². The number of thiol groups is 1. The average molecular weight is 286 g/mol. The molecule has 0 N–H and O–H groups in total. The lowest BCUT2D eigenvalue weighted by Crippen LogP contribution is -2.03. The Hall–Kier alpha value is -2.07. The van der Waals surface area contributed by atoms with Gasteiger partial charge in [-0.3, -0.25) is 4.79 Å². The van der Waals surface area contributed by atoms with Gasteiger partial charge in [0.2, 0.25) is 0 Å². The van der Waals surface area contributed by atoms with E-state index in [1.54, 1.807) is 24.3 Å². The lowest BCUT2D eigenvalue weighted by molar-refractivity contribution is 0.0600. The average Bonchev–Trinajstić information content (AvgIpc) is 2.55. The van der Waals surface area contributed by atoms with Crippen molar-refractivity contribution in [1.29, 1.82) is 0 Å². The van der Waals surface area contributed by atoms with E-state index in [0.717, 1.165) is 6.29 Å². The summed E-state index contributed by atoms with van der Waals surface area (Å²) in [6.45, 7) is 0. The largest absolute Gasteiger partial charge is 0.465 e. The third kappa shape index (κ3) is 3.08. The van der Waals surface area contributed by atoms with Crippen LogP contribution in [-0.4, -0.2) is 19.4 Å². The highest BCUT2D eigenvalue weighted by molar-refractivity contribution is 7.80. The number of benzene rings is 2. The minimum atomic E-state index is -0.396. The van der Waals surface area contributed by atoms with Crippen molar-refractivity contribution in [3.8, 4) is 0 Å². The first kappa shape index (κ1) is 14.3. The Morgan fingerprint density at radius 3 is 2.10 bits per heavy atom. The normalized spacial score (nSPS) is 11.7. The zero-order chi connectivity index (χ0) is 14.5. The molecule has 2 aliphatic rings. The Morgan fingerprint density at radius 1 is 1.15 bits per heavy atom. The molecule has 0 amide bonds. The van der Waals surface area contributed by atoms with Crippen LogP contribution in [0, 0.1) is 0 Å². The molecule has 0 saturated heterocycles. The molecule has 0 radical (unpaired) electrons. The molecule has 2 aromatic carbocycles. The summed E-state index contributed by atoms with van der Waals surface area (Å²) in [5.74, 6) is -0.396. The van der Waals surface area contributed by atoms with Gasteiger partial charge in [0.25, 0.3) is 0 Å². The molecule has 4 heteroatoms. The SMILES string of the molecule is COC(=O)c1ccc(C=O)cc1.SC1c2cccc1c2. The van der Waals surface area contributed by atoms with Crippen LogP contribution in [0.2, 0.25) is 0 Å². The predicted octanol–water partition coefficient (Wildman–Crippen LogP) is 3.30. The standard InChI is InChI=1S/C9H8O3.C7H6S/c1-12-9(11)8-4-2-7(6-10)3-5-8;8-7-5-2-1-3-6(7)4-5/h2-6H,1H3;1-4,7-8H. The van der Waals surface area contributed by atoms with Crippen LogP contribution in [0.25, 0.3) is 0 Å². The molecule has 2 aromatic rings. The number of carbonyl (C=O) groups excluding carboxylic acids is 2. The van der Waals surface area contributed by atoms with E-state index in [9.17, 15) is 9.59 Å². The maximum atomic E-state index is 10.9. The van der Waals surface area contributed by atoms with Gasteiger partial charge in [-0.15, -0.1) is 0 Å². The fourth-order valence-electron chi connectivity index (χ4n) is 1.81. The molecule has 0 fully saturated rings. The van der Waals surface area contributed by atoms with E-state index in [1.165, 1.54) is 18.2 Å². The second kappa shape index (κ2) is 6.39. The summed E-state index contributed by atoms with van der Waals surface area (Å²) in [4.78, 5) is 21.1. The zero-order valence-electron chi connectivity index (χ0n) is 10.9. The van der Waals surface area contributed by atoms with Crippen molar-refractivity contribution in [2.75, 3.05) is 7.11 Å². The van der Waals surface area contributed by atoms with Gasteiger partial charge in [0, 0.05) is 5.56 Å². The number of hydrogen-bond donors (Lipinski definition) is 1. The second-order valence-electron chi connectivity index (χ2n) is 4.30. The van der Waals surface area contributed by atoms with E-state index in [-0.39, 0.29) is 0 Å². The van der Waals surface area contributed by atoms with Crippen molar-refractivity contribution in [3.63, 3.8) is 0 Å². The highest BCUT2D eigenvalue weighted by Gasteiger charge is 2.17. The molecular formula is C16H14O3S. The maximum absolute atomic E-state index is 10.9. The van der Waals surface area contributed by atoms with Crippen LogP contribution in [-0.2, 0) is 4.74 Å². The van der Waals surface area contributed by atoms with Crippen molar-refractivity contribution in [3.05, 3.63) is 70.8 Å². The molecule has 20 heavy (non-hydrogen) atoms. The number of esters is 1. The van der Waals surface area contributed by atoms with Crippen molar-refractivity contribution in [2.45, 2.75) is 5.25 Å². The van der Waals surface area contributed by atoms with Gasteiger partial charge in [0.1, 0.15) is 6.29 Å². The van der Waals surface area contributed by atoms with Gasteiger partial charge < -0.3 is 4.74 Å². The van der Waals surface area contributed by atoms with Crippen molar-refractivity contribution in [1.82, 2.24) is 0 Å². The van der Waals surface area contributed by atoms with Crippen LogP contribution in [0.5, 0.6) is 0 Å². The van der Waals surface area contributed by atoms with E-state index < -0.39 is 5.97 Å².